The number of pyridine rings is 1. The number of aliphatic carboxylic acids is 1. The summed E-state index contributed by atoms with van der Waals surface area (Å²) in [7, 11) is 1.46. The van der Waals surface area contributed by atoms with Crippen LogP contribution in [0.5, 0.6) is 5.88 Å². The van der Waals surface area contributed by atoms with Crippen LogP contribution in [0.1, 0.15) is 6.92 Å². The van der Waals surface area contributed by atoms with E-state index in [4.69, 9.17) is 9.84 Å². The second kappa shape index (κ2) is 6.55. The van der Waals surface area contributed by atoms with Crippen LogP contribution >= 0.6 is 0 Å². The molecule has 1 heterocycles. The van der Waals surface area contributed by atoms with E-state index in [-0.39, 0.29) is 0 Å². The van der Waals surface area contributed by atoms with Gasteiger partial charge >= 0.3 is 12.0 Å². The van der Waals surface area contributed by atoms with Crippen molar-refractivity contribution in [1.82, 2.24) is 10.3 Å². The monoisotopic (exact) mass is 269 g/mol. The number of aromatic nitrogens is 1. The number of carbonyl (C=O) groups is 2. The molecule has 0 aliphatic heterocycles. The molecule has 0 saturated carbocycles. The Morgan fingerprint density at radius 1 is 1.42 bits per heavy atom. The molecule has 0 bridgehead atoms. The number of urea groups is 1. The zero-order valence-corrected chi connectivity index (χ0v) is 10.5. The van der Waals surface area contributed by atoms with Crippen molar-refractivity contribution in [3.8, 4) is 5.88 Å². The standard InChI is InChI=1S/C11H15N3O5/c1-6(15)9(10(16)17)14-11(18)13-7-3-4-8(19-2)12-5-7/h3-6,9,15H,1-2H3,(H,16,17)(H2,13,14,18). The molecule has 4 N–H and O–H groups in total. The first kappa shape index (κ1) is 14.7. The molecule has 1 aromatic rings. The minimum absolute atomic E-state index is 0.369. The average molecular weight is 269 g/mol. The van der Waals surface area contributed by atoms with E-state index in [1.54, 1.807) is 12.1 Å². The van der Waals surface area contributed by atoms with Gasteiger partial charge in [0.2, 0.25) is 5.88 Å². The maximum absolute atomic E-state index is 11.5. The molecule has 0 radical (unpaired) electrons. The predicted octanol–water partition coefficient (Wildman–Crippen LogP) is 0.0457. The SMILES string of the molecule is COc1ccc(NC(=O)NC(C(=O)O)C(C)O)cn1. The topological polar surface area (TPSA) is 121 Å². The van der Waals surface area contributed by atoms with E-state index in [1.165, 1.54) is 20.2 Å². The molecular formula is C11H15N3O5. The lowest BCUT2D eigenvalue weighted by atomic mass is 10.2. The number of rotatable bonds is 5. The first-order chi connectivity index (χ1) is 8.93. The summed E-state index contributed by atoms with van der Waals surface area (Å²) in [5.74, 6) is -0.934. The van der Waals surface area contributed by atoms with E-state index in [9.17, 15) is 14.7 Å². The van der Waals surface area contributed by atoms with Crippen molar-refractivity contribution in [3.63, 3.8) is 0 Å². The molecular weight excluding hydrogens is 254 g/mol. The van der Waals surface area contributed by atoms with E-state index >= 15 is 0 Å². The highest BCUT2D eigenvalue weighted by molar-refractivity contribution is 5.92. The van der Waals surface area contributed by atoms with Crippen LogP contribution in [0.15, 0.2) is 18.3 Å². The summed E-state index contributed by atoms with van der Waals surface area (Å²) in [5.41, 5.74) is 0.369. The third kappa shape index (κ3) is 4.43. The van der Waals surface area contributed by atoms with E-state index in [0.717, 1.165) is 0 Å². The smallest absolute Gasteiger partial charge is 0.328 e. The quantitative estimate of drug-likeness (QED) is 0.599. The number of hydrogen-bond donors (Lipinski definition) is 4. The molecule has 0 fully saturated rings. The molecule has 0 aliphatic carbocycles. The Kier molecular flexibility index (Phi) is 5.07. The summed E-state index contributed by atoms with van der Waals surface area (Å²) < 4.78 is 4.85. The highest BCUT2D eigenvalue weighted by Crippen LogP contribution is 2.10. The Hall–Kier alpha value is -2.35. The van der Waals surface area contributed by atoms with Crippen LogP contribution in [-0.4, -0.2) is 46.5 Å². The summed E-state index contributed by atoms with van der Waals surface area (Å²) in [6.07, 6.45) is 0.147. The van der Waals surface area contributed by atoms with Crippen LogP contribution in [0.25, 0.3) is 0 Å². The molecule has 1 rings (SSSR count). The van der Waals surface area contributed by atoms with E-state index in [2.05, 4.69) is 15.6 Å². The van der Waals surface area contributed by atoms with Crippen molar-refractivity contribution in [2.45, 2.75) is 19.1 Å². The van der Waals surface area contributed by atoms with Crippen LogP contribution in [0.4, 0.5) is 10.5 Å². The molecule has 8 nitrogen and oxygen atoms in total. The number of ether oxygens (including phenoxy) is 1. The maximum Gasteiger partial charge on any atom is 0.328 e. The lowest BCUT2D eigenvalue weighted by molar-refractivity contribution is -0.141. The van der Waals surface area contributed by atoms with Crippen molar-refractivity contribution in [3.05, 3.63) is 18.3 Å². The Morgan fingerprint density at radius 3 is 2.53 bits per heavy atom. The van der Waals surface area contributed by atoms with Crippen LogP contribution < -0.4 is 15.4 Å². The molecule has 8 heteroatoms. The number of aliphatic hydroxyl groups excluding tert-OH is 1. The number of nitrogens with one attached hydrogen (secondary N) is 2. The second-order valence-corrected chi connectivity index (χ2v) is 3.74. The molecule has 0 aromatic carbocycles. The van der Waals surface area contributed by atoms with Gasteiger partial charge in [-0.25, -0.2) is 14.6 Å². The Morgan fingerprint density at radius 2 is 2.11 bits per heavy atom. The van der Waals surface area contributed by atoms with Gasteiger partial charge in [0.05, 0.1) is 25.1 Å². The normalized spacial score (nSPS) is 13.2. The molecule has 19 heavy (non-hydrogen) atoms. The molecule has 0 aliphatic rings. The summed E-state index contributed by atoms with van der Waals surface area (Å²) in [6, 6.07) is 0.953. The maximum atomic E-state index is 11.5. The molecule has 1 aromatic heterocycles. The number of carbonyl (C=O) groups excluding carboxylic acids is 1. The molecule has 0 spiro atoms. The summed E-state index contributed by atoms with van der Waals surface area (Å²) >= 11 is 0. The fraction of sp³-hybridized carbons (Fsp3) is 0.364. The Balaban J connectivity index is 2.61. The Labute approximate surface area is 109 Å². The summed E-state index contributed by atoms with van der Waals surface area (Å²) in [6.45, 7) is 1.27. The first-order valence-corrected chi connectivity index (χ1v) is 5.42. The van der Waals surface area contributed by atoms with Gasteiger partial charge in [-0.15, -0.1) is 0 Å². The van der Waals surface area contributed by atoms with Crippen LogP contribution in [0.2, 0.25) is 0 Å². The van der Waals surface area contributed by atoms with Crippen LogP contribution in [-0.2, 0) is 4.79 Å². The van der Waals surface area contributed by atoms with E-state index in [1.807, 2.05) is 0 Å². The van der Waals surface area contributed by atoms with Crippen molar-refractivity contribution in [2.24, 2.45) is 0 Å². The fourth-order valence-electron chi connectivity index (χ4n) is 1.27. The number of amides is 2. The summed E-state index contributed by atoms with van der Waals surface area (Å²) in [5, 5.41) is 22.5. The second-order valence-electron chi connectivity index (χ2n) is 3.74. The first-order valence-electron chi connectivity index (χ1n) is 5.42. The number of anilines is 1. The highest BCUT2D eigenvalue weighted by atomic mass is 16.5. The number of aliphatic hydroxyl groups is 1. The van der Waals surface area contributed by atoms with Crippen LogP contribution in [0, 0.1) is 0 Å². The van der Waals surface area contributed by atoms with E-state index in [0.29, 0.717) is 11.6 Å². The summed E-state index contributed by atoms with van der Waals surface area (Å²) in [4.78, 5) is 26.2. The predicted molar refractivity (Wildman–Crippen MR) is 66.0 cm³/mol. The van der Waals surface area contributed by atoms with Crippen molar-refractivity contribution in [1.29, 1.82) is 0 Å². The van der Waals surface area contributed by atoms with Gasteiger partial charge in [-0.2, -0.15) is 0 Å². The number of nitrogens with zero attached hydrogens (tertiary/aromatic N) is 1. The minimum Gasteiger partial charge on any atom is -0.481 e. The lowest BCUT2D eigenvalue weighted by Crippen LogP contribution is -2.49. The average Bonchev–Trinajstić information content (AvgIpc) is 2.36. The fourth-order valence-corrected chi connectivity index (χ4v) is 1.27. The van der Waals surface area contributed by atoms with Crippen LogP contribution in [0.3, 0.4) is 0 Å². The molecule has 104 valence electrons. The number of methoxy groups -OCH3 is 1. The third-order valence-electron chi connectivity index (χ3n) is 2.24. The third-order valence-corrected chi connectivity index (χ3v) is 2.24. The van der Waals surface area contributed by atoms with Gasteiger partial charge in [-0.3, -0.25) is 0 Å². The van der Waals surface area contributed by atoms with Crippen molar-refractivity contribution in [2.75, 3.05) is 12.4 Å². The van der Waals surface area contributed by atoms with Gasteiger partial charge in [-0.1, -0.05) is 0 Å². The molecule has 2 unspecified atom stereocenters. The lowest BCUT2D eigenvalue weighted by Gasteiger charge is -2.17. The van der Waals surface area contributed by atoms with Gasteiger partial charge in [0.25, 0.3) is 0 Å². The number of hydrogen-bond acceptors (Lipinski definition) is 5. The number of carboxylic acid groups (broad SMARTS) is 1. The van der Waals surface area contributed by atoms with Gasteiger partial charge in [0, 0.05) is 6.07 Å². The Bertz CT molecular complexity index is 446. The highest BCUT2D eigenvalue weighted by Gasteiger charge is 2.24. The van der Waals surface area contributed by atoms with Gasteiger partial charge in [0.15, 0.2) is 6.04 Å². The van der Waals surface area contributed by atoms with Crippen molar-refractivity contribution >= 4 is 17.7 Å². The zero-order valence-electron chi connectivity index (χ0n) is 10.5. The molecule has 0 saturated heterocycles. The van der Waals surface area contributed by atoms with Gasteiger partial charge < -0.3 is 25.6 Å². The number of carboxylic acids is 1. The van der Waals surface area contributed by atoms with E-state index < -0.39 is 24.1 Å². The largest absolute Gasteiger partial charge is 0.481 e. The minimum atomic E-state index is -1.38. The molecule has 2 amide bonds. The molecule has 2 atom stereocenters. The van der Waals surface area contributed by atoms with Crippen molar-refractivity contribution < 1.29 is 24.5 Å². The zero-order chi connectivity index (χ0) is 14.4. The van der Waals surface area contributed by atoms with Gasteiger partial charge in [-0.05, 0) is 13.0 Å². The van der Waals surface area contributed by atoms with Gasteiger partial charge in [0.1, 0.15) is 0 Å².